The molecule has 0 aliphatic heterocycles. The first kappa shape index (κ1) is 17.2. The summed E-state index contributed by atoms with van der Waals surface area (Å²) in [7, 11) is 0. The third-order valence-corrected chi connectivity index (χ3v) is 4.94. The van der Waals surface area contributed by atoms with Gasteiger partial charge in [0.25, 0.3) is 5.56 Å². The van der Waals surface area contributed by atoms with Gasteiger partial charge in [-0.3, -0.25) is 14.3 Å². The maximum Gasteiger partial charge on any atom is 0.258 e. The Balaban J connectivity index is 1.63. The second kappa shape index (κ2) is 7.55. The summed E-state index contributed by atoms with van der Waals surface area (Å²) >= 11 is 1.47. The Labute approximate surface area is 159 Å². The first-order valence-electron chi connectivity index (χ1n) is 8.31. The van der Waals surface area contributed by atoms with Crippen molar-refractivity contribution in [3.8, 4) is 11.4 Å². The van der Waals surface area contributed by atoms with Crippen molar-refractivity contribution in [3.63, 3.8) is 0 Å². The Kier molecular flexibility index (Phi) is 4.80. The molecule has 0 unspecified atom stereocenters. The van der Waals surface area contributed by atoms with E-state index in [-0.39, 0.29) is 5.56 Å². The number of pyridine rings is 1. The molecule has 0 saturated heterocycles. The number of hydrogen-bond donors (Lipinski definition) is 1. The van der Waals surface area contributed by atoms with E-state index in [1.807, 2.05) is 34.9 Å². The van der Waals surface area contributed by atoms with Gasteiger partial charge in [-0.15, -0.1) is 16.8 Å². The predicted octanol–water partition coefficient (Wildman–Crippen LogP) is 3.05. The van der Waals surface area contributed by atoms with Crippen molar-refractivity contribution in [3.05, 3.63) is 77.6 Å². The molecule has 0 spiro atoms. The lowest BCUT2D eigenvalue weighted by Crippen LogP contribution is -2.11. The minimum Gasteiger partial charge on any atom is -0.309 e. The fraction of sp³-hybridized carbons (Fsp3) is 0.105. The first-order valence-corrected chi connectivity index (χ1v) is 9.30. The quantitative estimate of drug-likeness (QED) is 0.411. The molecule has 134 valence electrons. The van der Waals surface area contributed by atoms with E-state index in [1.165, 1.54) is 11.8 Å². The lowest BCUT2D eigenvalue weighted by molar-refractivity contribution is 0.730. The second-order valence-corrected chi connectivity index (χ2v) is 6.70. The fourth-order valence-corrected chi connectivity index (χ4v) is 3.56. The smallest absolute Gasteiger partial charge is 0.258 e. The Morgan fingerprint density at radius 2 is 1.96 bits per heavy atom. The van der Waals surface area contributed by atoms with Crippen molar-refractivity contribution in [2.24, 2.45) is 0 Å². The van der Waals surface area contributed by atoms with Gasteiger partial charge in [-0.25, -0.2) is 4.98 Å². The number of aromatic nitrogens is 6. The normalized spacial score (nSPS) is 11.0. The van der Waals surface area contributed by atoms with Crippen LogP contribution < -0.4 is 5.56 Å². The third-order valence-electron chi connectivity index (χ3n) is 3.97. The highest BCUT2D eigenvalue weighted by Gasteiger charge is 2.14. The average molecular weight is 376 g/mol. The van der Waals surface area contributed by atoms with Crippen LogP contribution in [0.3, 0.4) is 0 Å². The summed E-state index contributed by atoms with van der Waals surface area (Å²) in [6.07, 6.45) is 5.24. The topological polar surface area (TPSA) is 89.4 Å². The van der Waals surface area contributed by atoms with Crippen LogP contribution in [0.5, 0.6) is 0 Å². The van der Waals surface area contributed by atoms with E-state index >= 15 is 0 Å². The summed E-state index contributed by atoms with van der Waals surface area (Å²) in [5.41, 5.74) is 1.48. The number of hydrogen-bond acceptors (Lipinski definition) is 6. The highest BCUT2D eigenvalue weighted by atomic mass is 32.2. The minimum atomic E-state index is -0.138. The molecule has 0 radical (unpaired) electrons. The lowest BCUT2D eigenvalue weighted by atomic mass is 10.2. The van der Waals surface area contributed by atoms with E-state index in [0.29, 0.717) is 29.0 Å². The molecule has 0 amide bonds. The molecule has 7 nitrogen and oxygen atoms in total. The molecule has 4 aromatic rings. The van der Waals surface area contributed by atoms with Crippen LogP contribution in [0, 0.1) is 0 Å². The number of allylic oxidation sites excluding steroid dienone is 1. The maximum absolute atomic E-state index is 12.2. The van der Waals surface area contributed by atoms with Gasteiger partial charge < -0.3 is 4.98 Å². The van der Waals surface area contributed by atoms with Crippen LogP contribution in [0.1, 0.15) is 5.82 Å². The Morgan fingerprint density at radius 1 is 1.15 bits per heavy atom. The fourth-order valence-electron chi connectivity index (χ4n) is 2.74. The molecule has 8 heteroatoms. The molecule has 0 bridgehead atoms. The standard InChI is InChI=1S/C19H16N6OS/c1-2-11-25-17(13-7-9-20-10-8-13)23-24-19(25)27-12-16-21-15-6-4-3-5-14(15)18(26)22-16/h2-10H,1,11-12H2,(H,21,22,26). The van der Waals surface area contributed by atoms with Gasteiger partial charge in [0.05, 0.1) is 16.7 Å². The molecule has 0 fully saturated rings. The van der Waals surface area contributed by atoms with Crippen LogP contribution in [0.25, 0.3) is 22.3 Å². The van der Waals surface area contributed by atoms with Crippen molar-refractivity contribution < 1.29 is 0 Å². The average Bonchev–Trinajstić information content (AvgIpc) is 3.10. The monoisotopic (exact) mass is 376 g/mol. The third kappa shape index (κ3) is 3.52. The largest absolute Gasteiger partial charge is 0.309 e. The number of aromatic amines is 1. The molecule has 0 aliphatic carbocycles. The summed E-state index contributed by atoms with van der Waals surface area (Å²) in [6, 6.07) is 11.1. The van der Waals surface area contributed by atoms with Gasteiger partial charge in [0, 0.05) is 24.5 Å². The number of nitrogens with zero attached hydrogens (tertiary/aromatic N) is 5. The van der Waals surface area contributed by atoms with Crippen LogP contribution in [0.2, 0.25) is 0 Å². The number of fused-ring (bicyclic) bond motifs is 1. The number of benzene rings is 1. The van der Waals surface area contributed by atoms with Crippen LogP contribution in [-0.4, -0.2) is 29.7 Å². The van der Waals surface area contributed by atoms with Crippen molar-refractivity contribution in [1.29, 1.82) is 0 Å². The van der Waals surface area contributed by atoms with Crippen molar-refractivity contribution in [2.75, 3.05) is 0 Å². The molecule has 0 atom stereocenters. The first-order chi connectivity index (χ1) is 13.3. The number of para-hydroxylation sites is 1. The molecule has 0 saturated carbocycles. The van der Waals surface area contributed by atoms with Crippen molar-refractivity contribution in [2.45, 2.75) is 17.5 Å². The Hall–Kier alpha value is -3.26. The summed E-state index contributed by atoms with van der Waals surface area (Å²) in [5.74, 6) is 1.83. The molecule has 3 aromatic heterocycles. The molecular weight excluding hydrogens is 360 g/mol. The number of nitrogens with one attached hydrogen (secondary N) is 1. The summed E-state index contributed by atoms with van der Waals surface area (Å²) in [6.45, 7) is 4.40. The van der Waals surface area contributed by atoms with Gasteiger partial charge in [-0.05, 0) is 24.3 Å². The van der Waals surface area contributed by atoms with Gasteiger partial charge >= 0.3 is 0 Å². The van der Waals surface area contributed by atoms with Gasteiger partial charge in [-0.2, -0.15) is 0 Å². The highest BCUT2D eigenvalue weighted by molar-refractivity contribution is 7.98. The van der Waals surface area contributed by atoms with Crippen molar-refractivity contribution in [1.82, 2.24) is 29.7 Å². The van der Waals surface area contributed by atoms with E-state index in [0.717, 1.165) is 16.5 Å². The van der Waals surface area contributed by atoms with E-state index in [2.05, 4.69) is 31.7 Å². The Bertz CT molecular complexity index is 1150. The molecule has 1 N–H and O–H groups in total. The summed E-state index contributed by atoms with van der Waals surface area (Å²) in [5, 5.41) is 9.93. The van der Waals surface area contributed by atoms with Gasteiger partial charge in [0.1, 0.15) is 5.82 Å². The van der Waals surface area contributed by atoms with Gasteiger partial charge in [-0.1, -0.05) is 30.0 Å². The van der Waals surface area contributed by atoms with E-state index in [4.69, 9.17) is 0 Å². The zero-order valence-electron chi connectivity index (χ0n) is 14.4. The Morgan fingerprint density at radius 3 is 2.78 bits per heavy atom. The maximum atomic E-state index is 12.2. The summed E-state index contributed by atoms with van der Waals surface area (Å²) in [4.78, 5) is 23.6. The van der Waals surface area contributed by atoms with Crippen LogP contribution >= 0.6 is 11.8 Å². The second-order valence-electron chi connectivity index (χ2n) is 5.76. The lowest BCUT2D eigenvalue weighted by Gasteiger charge is -2.07. The number of rotatable bonds is 6. The zero-order valence-corrected chi connectivity index (χ0v) is 15.2. The van der Waals surface area contributed by atoms with Crippen LogP contribution in [-0.2, 0) is 12.3 Å². The molecule has 4 rings (SSSR count). The summed E-state index contributed by atoms with van der Waals surface area (Å²) < 4.78 is 1.98. The molecule has 1 aromatic carbocycles. The predicted molar refractivity (Wildman–Crippen MR) is 105 cm³/mol. The molecular formula is C19H16N6OS. The van der Waals surface area contributed by atoms with Gasteiger partial charge in [0.15, 0.2) is 11.0 Å². The number of thioether (sulfide) groups is 1. The zero-order chi connectivity index (χ0) is 18.6. The highest BCUT2D eigenvalue weighted by Crippen LogP contribution is 2.25. The van der Waals surface area contributed by atoms with Crippen LogP contribution in [0.4, 0.5) is 0 Å². The SMILES string of the molecule is C=CCn1c(SCc2nc3ccccc3c(=O)[nH]2)nnc1-c1ccncc1. The molecule has 27 heavy (non-hydrogen) atoms. The van der Waals surface area contributed by atoms with E-state index in [1.54, 1.807) is 24.5 Å². The minimum absolute atomic E-state index is 0.138. The van der Waals surface area contributed by atoms with Gasteiger partial charge in [0.2, 0.25) is 0 Å². The van der Waals surface area contributed by atoms with Crippen molar-refractivity contribution >= 4 is 22.7 Å². The molecule has 3 heterocycles. The van der Waals surface area contributed by atoms with E-state index < -0.39 is 0 Å². The molecule has 0 aliphatic rings. The van der Waals surface area contributed by atoms with E-state index in [9.17, 15) is 4.79 Å². The van der Waals surface area contributed by atoms with Crippen LogP contribution in [0.15, 0.2) is 71.4 Å². The number of H-pyrrole nitrogens is 1.